The number of carbonyl (C=O) groups is 2. The van der Waals surface area contributed by atoms with Gasteiger partial charge in [0.2, 0.25) is 0 Å². The van der Waals surface area contributed by atoms with Crippen LogP contribution in [0, 0.1) is 0 Å². The van der Waals surface area contributed by atoms with E-state index in [1.54, 1.807) is 6.08 Å². The Bertz CT molecular complexity index is 327. The predicted molar refractivity (Wildman–Crippen MR) is 69.0 cm³/mol. The smallest absolute Gasteiger partial charge is 0.341 e. The quantitative estimate of drug-likeness (QED) is 0.449. The van der Waals surface area contributed by atoms with Gasteiger partial charge in [0, 0.05) is 5.57 Å². The number of carboxylic acids is 1. The molecule has 0 spiro atoms. The van der Waals surface area contributed by atoms with Crippen molar-refractivity contribution >= 4 is 11.9 Å². The molecule has 0 saturated heterocycles. The first-order valence-electron chi connectivity index (χ1n) is 5.42. The number of carboxylic acid groups (broad SMARTS) is 1. The second-order valence-electron chi connectivity index (χ2n) is 3.46. The SMILES string of the molecule is C=C(C)C(=O)O.CCCC=COC(=O)C(C)=CO. The monoisotopic (exact) mass is 256 g/mol. The lowest BCUT2D eigenvalue weighted by molar-refractivity contribution is -0.134. The summed E-state index contributed by atoms with van der Waals surface area (Å²) in [4.78, 5) is 20.4. The zero-order valence-corrected chi connectivity index (χ0v) is 11.0. The zero-order chi connectivity index (χ0) is 14.6. The van der Waals surface area contributed by atoms with Crippen molar-refractivity contribution in [3.05, 3.63) is 36.3 Å². The minimum atomic E-state index is -0.935. The third-order valence-corrected chi connectivity index (χ3v) is 1.61. The Kier molecular flexibility index (Phi) is 11.7. The molecule has 0 aromatic carbocycles. The molecule has 18 heavy (non-hydrogen) atoms. The normalized spacial score (nSPS) is 10.5. The maximum atomic E-state index is 10.8. The molecule has 0 unspecified atom stereocenters. The van der Waals surface area contributed by atoms with Gasteiger partial charge < -0.3 is 14.9 Å². The Hall–Kier alpha value is -2.04. The minimum Gasteiger partial charge on any atom is -0.515 e. The summed E-state index contributed by atoms with van der Waals surface area (Å²) in [6.45, 7) is 8.12. The summed E-state index contributed by atoms with van der Waals surface area (Å²) in [6, 6.07) is 0. The average molecular weight is 256 g/mol. The zero-order valence-electron chi connectivity index (χ0n) is 11.0. The van der Waals surface area contributed by atoms with Crippen LogP contribution in [0.1, 0.15) is 33.6 Å². The number of allylic oxidation sites excluding steroid dienone is 1. The van der Waals surface area contributed by atoms with Crippen molar-refractivity contribution in [2.45, 2.75) is 33.6 Å². The van der Waals surface area contributed by atoms with Crippen molar-refractivity contribution in [1.82, 2.24) is 0 Å². The van der Waals surface area contributed by atoms with E-state index in [0.717, 1.165) is 19.1 Å². The van der Waals surface area contributed by atoms with Crippen LogP contribution in [0.2, 0.25) is 0 Å². The van der Waals surface area contributed by atoms with E-state index in [1.165, 1.54) is 20.1 Å². The number of hydrogen-bond donors (Lipinski definition) is 2. The van der Waals surface area contributed by atoms with Gasteiger partial charge in [0.25, 0.3) is 0 Å². The highest BCUT2D eigenvalue weighted by atomic mass is 16.5. The lowest BCUT2D eigenvalue weighted by Gasteiger charge is -1.95. The molecule has 5 heteroatoms. The van der Waals surface area contributed by atoms with Gasteiger partial charge in [0.15, 0.2) is 0 Å². The number of ether oxygens (including phenoxy) is 1. The van der Waals surface area contributed by atoms with E-state index in [-0.39, 0.29) is 11.1 Å². The number of rotatable bonds is 5. The van der Waals surface area contributed by atoms with Crippen LogP contribution in [0.3, 0.4) is 0 Å². The van der Waals surface area contributed by atoms with Crippen molar-refractivity contribution in [3.63, 3.8) is 0 Å². The number of carbonyl (C=O) groups excluding carboxylic acids is 1. The topological polar surface area (TPSA) is 83.8 Å². The van der Waals surface area contributed by atoms with Gasteiger partial charge in [-0.05, 0) is 26.3 Å². The number of unbranched alkanes of at least 4 members (excludes halogenated alkanes) is 1. The number of hydrogen-bond acceptors (Lipinski definition) is 4. The Balaban J connectivity index is 0. The lowest BCUT2D eigenvalue weighted by Crippen LogP contribution is -2.00. The van der Waals surface area contributed by atoms with Crippen LogP contribution in [0.5, 0.6) is 0 Å². The van der Waals surface area contributed by atoms with Gasteiger partial charge in [0.05, 0.1) is 18.1 Å². The molecule has 0 fully saturated rings. The molecule has 0 bridgehead atoms. The van der Waals surface area contributed by atoms with E-state index in [0.29, 0.717) is 0 Å². The summed E-state index contributed by atoms with van der Waals surface area (Å²) in [5, 5.41) is 16.3. The Morgan fingerprint density at radius 2 is 1.83 bits per heavy atom. The molecule has 102 valence electrons. The van der Waals surface area contributed by atoms with Gasteiger partial charge in [-0.25, -0.2) is 9.59 Å². The summed E-state index contributed by atoms with van der Waals surface area (Å²) in [6.07, 6.45) is 5.75. The summed E-state index contributed by atoms with van der Waals surface area (Å²) in [5.74, 6) is -1.46. The van der Waals surface area contributed by atoms with Gasteiger partial charge >= 0.3 is 11.9 Å². The summed E-state index contributed by atoms with van der Waals surface area (Å²) < 4.78 is 4.65. The number of aliphatic carboxylic acids is 1. The molecule has 5 nitrogen and oxygen atoms in total. The molecular weight excluding hydrogens is 236 g/mol. The summed E-state index contributed by atoms with van der Waals surface area (Å²) in [7, 11) is 0. The first kappa shape index (κ1) is 18.3. The van der Waals surface area contributed by atoms with E-state index in [1.807, 2.05) is 6.92 Å². The van der Waals surface area contributed by atoms with Crippen molar-refractivity contribution in [3.8, 4) is 0 Å². The van der Waals surface area contributed by atoms with Crippen LogP contribution in [0.15, 0.2) is 36.3 Å². The molecule has 0 saturated carbocycles. The van der Waals surface area contributed by atoms with Crippen LogP contribution in [0.25, 0.3) is 0 Å². The highest BCUT2D eigenvalue weighted by Crippen LogP contribution is 1.96. The number of aliphatic hydroxyl groups is 1. The largest absolute Gasteiger partial charge is 0.515 e. The van der Waals surface area contributed by atoms with Crippen LogP contribution >= 0.6 is 0 Å². The maximum absolute atomic E-state index is 10.8. The van der Waals surface area contributed by atoms with E-state index < -0.39 is 11.9 Å². The van der Waals surface area contributed by atoms with E-state index in [9.17, 15) is 9.59 Å². The van der Waals surface area contributed by atoms with E-state index in [4.69, 9.17) is 10.2 Å². The van der Waals surface area contributed by atoms with Gasteiger partial charge in [-0.1, -0.05) is 19.9 Å². The average Bonchev–Trinajstić information content (AvgIpc) is 2.33. The van der Waals surface area contributed by atoms with Gasteiger partial charge in [-0.15, -0.1) is 0 Å². The maximum Gasteiger partial charge on any atom is 0.341 e. The molecule has 0 aliphatic carbocycles. The third kappa shape index (κ3) is 12.0. The summed E-state index contributed by atoms with van der Waals surface area (Å²) >= 11 is 0. The van der Waals surface area contributed by atoms with Gasteiger partial charge in [-0.3, -0.25) is 0 Å². The van der Waals surface area contributed by atoms with Gasteiger partial charge in [-0.2, -0.15) is 0 Å². The number of esters is 1. The Morgan fingerprint density at radius 1 is 1.33 bits per heavy atom. The second-order valence-corrected chi connectivity index (χ2v) is 3.46. The fourth-order valence-electron chi connectivity index (χ4n) is 0.490. The van der Waals surface area contributed by atoms with Crippen LogP contribution in [0.4, 0.5) is 0 Å². The molecule has 0 rings (SSSR count). The predicted octanol–water partition coefficient (Wildman–Crippen LogP) is 2.95. The third-order valence-electron chi connectivity index (χ3n) is 1.61. The molecule has 0 aliphatic heterocycles. The first-order chi connectivity index (χ1) is 8.36. The Labute approximate surface area is 107 Å². The standard InChI is InChI=1S/C9H14O3.C4H6O2/c1-3-4-5-6-12-9(11)8(2)7-10;1-3(2)4(5)6/h5-7,10H,3-4H2,1-2H3;1H2,2H3,(H,5,6). The van der Waals surface area contributed by atoms with Crippen molar-refractivity contribution < 1.29 is 24.5 Å². The Morgan fingerprint density at radius 3 is 2.17 bits per heavy atom. The highest BCUT2D eigenvalue weighted by Gasteiger charge is 2.01. The van der Waals surface area contributed by atoms with Crippen LogP contribution in [-0.2, 0) is 14.3 Å². The van der Waals surface area contributed by atoms with Crippen LogP contribution < -0.4 is 0 Å². The molecular formula is C13H20O5. The molecule has 0 amide bonds. The first-order valence-corrected chi connectivity index (χ1v) is 5.42. The molecule has 0 atom stereocenters. The molecule has 0 aliphatic rings. The highest BCUT2D eigenvalue weighted by molar-refractivity contribution is 5.87. The fraction of sp³-hybridized carbons (Fsp3) is 0.385. The van der Waals surface area contributed by atoms with E-state index >= 15 is 0 Å². The van der Waals surface area contributed by atoms with E-state index in [2.05, 4.69) is 11.3 Å². The van der Waals surface area contributed by atoms with Crippen molar-refractivity contribution in [2.75, 3.05) is 0 Å². The molecule has 2 N–H and O–H groups in total. The molecule has 0 aromatic heterocycles. The molecule has 0 aromatic rings. The minimum absolute atomic E-state index is 0.176. The number of aliphatic hydroxyl groups excluding tert-OH is 1. The summed E-state index contributed by atoms with van der Waals surface area (Å²) in [5.41, 5.74) is 0.367. The second kappa shape index (κ2) is 11.4. The van der Waals surface area contributed by atoms with Crippen molar-refractivity contribution in [2.24, 2.45) is 0 Å². The fourth-order valence-corrected chi connectivity index (χ4v) is 0.490. The molecule has 0 radical (unpaired) electrons. The van der Waals surface area contributed by atoms with Crippen molar-refractivity contribution in [1.29, 1.82) is 0 Å². The van der Waals surface area contributed by atoms with Crippen LogP contribution in [-0.4, -0.2) is 22.2 Å². The lowest BCUT2D eigenvalue weighted by atomic mass is 10.3. The molecule has 0 heterocycles. The van der Waals surface area contributed by atoms with Gasteiger partial charge in [0.1, 0.15) is 0 Å².